The Kier molecular flexibility index (Phi) is 5.14. The van der Waals surface area contributed by atoms with Gasteiger partial charge in [-0.05, 0) is 31.0 Å². The fourth-order valence-electron chi connectivity index (χ4n) is 2.35. The van der Waals surface area contributed by atoms with Gasteiger partial charge in [-0.3, -0.25) is 0 Å². The third-order valence-electron chi connectivity index (χ3n) is 3.57. The molecule has 0 aliphatic heterocycles. The Labute approximate surface area is 149 Å². The van der Waals surface area contributed by atoms with E-state index in [0.29, 0.717) is 29.2 Å². The molecule has 130 valence electrons. The van der Waals surface area contributed by atoms with Crippen molar-refractivity contribution in [3.05, 3.63) is 46.4 Å². The normalized spacial score (nSPS) is 10.8. The molecule has 3 aromatic rings. The van der Waals surface area contributed by atoms with Crippen molar-refractivity contribution in [3.63, 3.8) is 0 Å². The van der Waals surface area contributed by atoms with E-state index in [4.69, 9.17) is 20.9 Å². The lowest BCUT2D eigenvalue weighted by Crippen LogP contribution is -2.12. The van der Waals surface area contributed by atoms with Crippen molar-refractivity contribution >= 4 is 34.5 Å². The minimum absolute atomic E-state index is 0.0632. The van der Waals surface area contributed by atoms with Gasteiger partial charge in [0, 0.05) is 11.6 Å². The highest BCUT2D eigenvalue weighted by Crippen LogP contribution is 2.25. The van der Waals surface area contributed by atoms with Crippen LogP contribution in [0.25, 0.3) is 11.1 Å². The first-order valence-corrected chi connectivity index (χ1v) is 8.31. The van der Waals surface area contributed by atoms with Crippen LogP contribution in [0.15, 0.2) is 28.8 Å². The lowest BCUT2D eigenvalue weighted by Gasteiger charge is -2.09. The summed E-state index contributed by atoms with van der Waals surface area (Å²) in [5.74, 6) is -0.179. The first-order valence-electron chi connectivity index (χ1n) is 7.94. The van der Waals surface area contributed by atoms with Crippen LogP contribution in [0.4, 0.5) is 5.82 Å². The average Bonchev–Trinajstić information content (AvgIpc) is 3.04. The summed E-state index contributed by atoms with van der Waals surface area (Å²) in [6.07, 6.45) is 0.657. The Bertz CT molecular complexity index is 893. The van der Waals surface area contributed by atoms with Crippen molar-refractivity contribution in [1.82, 2.24) is 15.1 Å². The molecule has 0 saturated carbocycles. The smallest absolute Gasteiger partial charge is 0.376 e. The SMILES string of the molecule is CCOC(=O)c1nc(NCc2ccc(Cl)cc2)c2c(CC)noc2n1. The van der Waals surface area contributed by atoms with Crippen LogP contribution in [0.1, 0.15) is 35.7 Å². The number of nitrogens with zero attached hydrogens (tertiary/aromatic N) is 3. The molecule has 2 aromatic heterocycles. The summed E-state index contributed by atoms with van der Waals surface area (Å²) in [6, 6.07) is 7.45. The summed E-state index contributed by atoms with van der Waals surface area (Å²) in [5, 5.41) is 8.56. The number of esters is 1. The van der Waals surface area contributed by atoms with Crippen molar-refractivity contribution in [2.75, 3.05) is 11.9 Å². The summed E-state index contributed by atoms with van der Waals surface area (Å²) in [5.41, 5.74) is 2.00. The second-order valence-corrected chi connectivity index (χ2v) is 5.70. The third kappa shape index (κ3) is 3.71. The van der Waals surface area contributed by atoms with Gasteiger partial charge < -0.3 is 14.6 Å². The lowest BCUT2D eigenvalue weighted by molar-refractivity contribution is 0.0512. The summed E-state index contributed by atoms with van der Waals surface area (Å²) in [7, 11) is 0. The summed E-state index contributed by atoms with van der Waals surface area (Å²) >= 11 is 5.90. The Morgan fingerprint density at radius 2 is 2.00 bits per heavy atom. The standard InChI is InChI=1S/C17H17ClN4O3/c1-3-12-13-14(19-9-10-5-7-11(18)8-6-10)20-15(17(23)24-4-2)21-16(13)25-22-12/h5-8H,3-4,9H2,1-2H3,(H,19,20,21). The molecule has 3 rings (SSSR count). The number of carbonyl (C=O) groups excluding carboxylic acids is 1. The zero-order valence-electron chi connectivity index (χ0n) is 13.9. The van der Waals surface area contributed by atoms with E-state index in [-0.39, 0.29) is 18.1 Å². The average molecular weight is 361 g/mol. The van der Waals surface area contributed by atoms with Crippen molar-refractivity contribution in [2.24, 2.45) is 0 Å². The molecule has 0 atom stereocenters. The predicted octanol–water partition coefficient (Wildman–Crippen LogP) is 3.62. The lowest BCUT2D eigenvalue weighted by atomic mass is 10.2. The maximum atomic E-state index is 12.0. The first kappa shape index (κ1) is 17.2. The highest BCUT2D eigenvalue weighted by Gasteiger charge is 2.20. The summed E-state index contributed by atoms with van der Waals surface area (Å²) < 4.78 is 10.2. The van der Waals surface area contributed by atoms with Gasteiger partial charge in [-0.2, -0.15) is 4.98 Å². The number of halogens is 1. The van der Waals surface area contributed by atoms with E-state index in [1.54, 1.807) is 6.92 Å². The van der Waals surface area contributed by atoms with Gasteiger partial charge in [0.25, 0.3) is 5.71 Å². The molecule has 1 N–H and O–H groups in total. The van der Waals surface area contributed by atoms with E-state index in [2.05, 4.69) is 20.4 Å². The minimum atomic E-state index is -0.603. The fourth-order valence-corrected chi connectivity index (χ4v) is 2.48. The van der Waals surface area contributed by atoms with Gasteiger partial charge in [-0.15, -0.1) is 0 Å². The van der Waals surface area contributed by atoms with Crippen LogP contribution >= 0.6 is 11.6 Å². The quantitative estimate of drug-likeness (QED) is 0.671. The first-order chi connectivity index (χ1) is 12.1. The number of anilines is 1. The van der Waals surface area contributed by atoms with Crippen LogP contribution in [0, 0.1) is 0 Å². The van der Waals surface area contributed by atoms with Gasteiger partial charge in [0.1, 0.15) is 11.2 Å². The highest BCUT2D eigenvalue weighted by molar-refractivity contribution is 6.30. The highest BCUT2D eigenvalue weighted by atomic mass is 35.5. The number of aryl methyl sites for hydroxylation is 1. The second kappa shape index (κ2) is 7.48. The largest absolute Gasteiger partial charge is 0.460 e. The van der Waals surface area contributed by atoms with E-state index in [1.165, 1.54) is 0 Å². The number of hydrogen-bond donors (Lipinski definition) is 1. The maximum absolute atomic E-state index is 12.0. The Balaban J connectivity index is 1.96. The van der Waals surface area contributed by atoms with E-state index in [1.807, 2.05) is 31.2 Å². The number of carbonyl (C=O) groups is 1. The van der Waals surface area contributed by atoms with E-state index in [0.717, 1.165) is 11.3 Å². The van der Waals surface area contributed by atoms with Crippen LogP contribution in [0.3, 0.4) is 0 Å². The number of ether oxygens (including phenoxy) is 1. The molecular formula is C17H17ClN4O3. The van der Waals surface area contributed by atoms with Gasteiger partial charge in [0.2, 0.25) is 5.82 Å². The van der Waals surface area contributed by atoms with Crippen LogP contribution in [0.2, 0.25) is 5.02 Å². The molecule has 0 aliphatic carbocycles. The number of benzene rings is 1. The van der Waals surface area contributed by atoms with Crippen molar-refractivity contribution in [3.8, 4) is 0 Å². The van der Waals surface area contributed by atoms with Gasteiger partial charge in [0.05, 0.1) is 12.3 Å². The van der Waals surface area contributed by atoms with Gasteiger partial charge in [-0.25, -0.2) is 9.78 Å². The number of fused-ring (bicyclic) bond motifs is 1. The fraction of sp³-hybridized carbons (Fsp3) is 0.294. The molecule has 2 heterocycles. The Hall–Kier alpha value is -2.67. The maximum Gasteiger partial charge on any atom is 0.376 e. The summed E-state index contributed by atoms with van der Waals surface area (Å²) in [6.45, 7) is 4.42. The molecule has 0 unspecified atom stereocenters. The number of aromatic nitrogens is 3. The van der Waals surface area contributed by atoms with E-state index >= 15 is 0 Å². The molecule has 0 radical (unpaired) electrons. The zero-order valence-corrected chi connectivity index (χ0v) is 14.6. The number of rotatable bonds is 6. The molecule has 0 bridgehead atoms. The van der Waals surface area contributed by atoms with Crippen LogP contribution in [0.5, 0.6) is 0 Å². The zero-order chi connectivity index (χ0) is 17.8. The Morgan fingerprint density at radius 1 is 1.24 bits per heavy atom. The van der Waals surface area contributed by atoms with E-state index < -0.39 is 5.97 Å². The van der Waals surface area contributed by atoms with E-state index in [9.17, 15) is 4.79 Å². The molecule has 8 heteroatoms. The van der Waals surface area contributed by atoms with Crippen molar-refractivity contribution < 1.29 is 14.1 Å². The van der Waals surface area contributed by atoms with Crippen molar-refractivity contribution in [2.45, 2.75) is 26.8 Å². The molecule has 0 saturated heterocycles. The van der Waals surface area contributed by atoms with Crippen molar-refractivity contribution in [1.29, 1.82) is 0 Å². The molecule has 0 spiro atoms. The molecule has 0 fully saturated rings. The number of nitrogens with one attached hydrogen (secondary N) is 1. The third-order valence-corrected chi connectivity index (χ3v) is 3.82. The molecule has 1 aromatic carbocycles. The minimum Gasteiger partial charge on any atom is -0.460 e. The molecule has 25 heavy (non-hydrogen) atoms. The molecular weight excluding hydrogens is 344 g/mol. The summed E-state index contributed by atoms with van der Waals surface area (Å²) in [4.78, 5) is 20.4. The predicted molar refractivity (Wildman–Crippen MR) is 93.7 cm³/mol. The molecule has 0 amide bonds. The van der Waals surface area contributed by atoms with Gasteiger partial charge >= 0.3 is 5.97 Å². The van der Waals surface area contributed by atoms with Crippen LogP contribution in [-0.4, -0.2) is 27.7 Å². The number of hydrogen-bond acceptors (Lipinski definition) is 7. The Morgan fingerprint density at radius 3 is 2.68 bits per heavy atom. The van der Waals surface area contributed by atoms with Gasteiger partial charge in [0.15, 0.2) is 0 Å². The topological polar surface area (TPSA) is 90.1 Å². The monoisotopic (exact) mass is 360 g/mol. The second-order valence-electron chi connectivity index (χ2n) is 5.26. The van der Waals surface area contributed by atoms with Crippen LogP contribution < -0.4 is 5.32 Å². The molecule has 0 aliphatic rings. The van der Waals surface area contributed by atoms with Gasteiger partial charge in [-0.1, -0.05) is 35.8 Å². The van der Waals surface area contributed by atoms with Crippen LogP contribution in [-0.2, 0) is 17.7 Å². The molecule has 7 nitrogen and oxygen atoms in total.